The molecule has 1 heterocycles. The van der Waals surface area contributed by atoms with Gasteiger partial charge in [0.15, 0.2) is 0 Å². The van der Waals surface area contributed by atoms with Gasteiger partial charge in [-0.05, 0) is 38.3 Å². The fourth-order valence-corrected chi connectivity index (χ4v) is 2.20. The van der Waals surface area contributed by atoms with Gasteiger partial charge in [-0.2, -0.15) is 0 Å². The van der Waals surface area contributed by atoms with Crippen molar-refractivity contribution in [2.45, 2.75) is 38.1 Å². The highest BCUT2D eigenvalue weighted by atomic mass is 79.9. The highest BCUT2D eigenvalue weighted by molar-refractivity contribution is 9.09. The fraction of sp³-hybridized carbons (Fsp3) is 0.727. The van der Waals surface area contributed by atoms with Crippen LogP contribution in [-0.4, -0.2) is 33.9 Å². The zero-order chi connectivity index (χ0) is 11.1. The topological polar surface area (TPSA) is 40.5 Å². The number of aliphatic carboxylic acids is 1. The van der Waals surface area contributed by atoms with Crippen molar-refractivity contribution in [1.29, 1.82) is 0 Å². The van der Waals surface area contributed by atoms with E-state index in [1.54, 1.807) is 0 Å². The van der Waals surface area contributed by atoms with Crippen molar-refractivity contribution < 1.29 is 9.90 Å². The predicted molar refractivity (Wildman–Crippen MR) is 64.1 cm³/mol. The van der Waals surface area contributed by atoms with Gasteiger partial charge in [-0.15, -0.1) is 0 Å². The van der Waals surface area contributed by atoms with Gasteiger partial charge in [0.25, 0.3) is 0 Å². The SMILES string of the molecule is O=C(O)[C@@H]1CCCN1C=CCCCCBr. The summed E-state index contributed by atoms with van der Waals surface area (Å²) in [6.45, 7) is 0.881. The number of alkyl halides is 1. The van der Waals surface area contributed by atoms with E-state index in [0.717, 1.165) is 37.6 Å². The lowest BCUT2D eigenvalue weighted by atomic mass is 10.2. The molecule has 1 rings (SSSR count). The number of halogens is 1. The van der Waals surface area contributed by atoms with Crippen molar-refractivity contribution in [3.8, 4) is 0 Å². The van der Waals surface area contributed by atoms with Crippen molar-refractivity contribution in [3.05, 3.63) is 12.3 Å². The van der Waals surface area contributed by atoms with Gasteiger partial charge in [-0.25, -0.2) is 4.79 Å². The summed E-state index contributed by atoms with van der Waals surface area (Å²) in [6, 6.07) is -0.294. The van der Waals surface area contributed by atoms with Gasteiger partial charge in [-0.1, -0.05) is 22.0 Å². The van der Waals surface area contributed by atoms with Gasteiger partial charge in [0.1, 0.15) is 6.04 Å². The summed E-state index contributed by atoms with van der Waals surface area (Å²) < 4.78 is 0. The number of carboxylic acids is 1. The van der Waals surface area contributed by atoms with Gasteiger partial charge in [0.2, 0.25) is 0 Å². The average molecular weight is 276 g/mol. The Kier molecular flexibility index (Phi) is 5.76. The summed E-state index contributed by atoms with van der Waals surface area (Å²) in [5.74, 6) is -0.697. The molecule has 4 heteroatoms. The minimum atomic E-state index is -0.697. The first kappa shape index (κ1) is 12.6. The van der Waals surface area contributed by atoms with E-state index in [1.165, 1.54) is 6.42 Å². The lowest BCUT2D eigenvalue weighted by molar-refractivity contribution is -0.141. The first-order valence-corrected chi connectivity index (χ1v) is 6.59. The smallest absolute Gasteiger partial charge is 0.326 e. The first-order chi connectivity index (χ1) is 7.25. The van der Waals surface area contributed by atoms with Crippen LogP contribution in [0.5, 0.6) is 0 Å². The minimum absolute atomic E-state index is 0.294. The zero-order valence-electron chi connectivity index (χ0n) is 8.86. The molecule has 0 aromatic heterocycles. The van der Waals surface area contributed by atoms with Crippen molar-refractivity contribution in [1.82, 2.24) is 4.90 Å². The Morgan fingerprint density at radius 3 is 3.00 bits per heavy atom. The van der Waals surface area contributed by atoms with Crippen LogP contribution in [0.1, 0.15) is 32.1 Å². The molecule has 86 valence electrons. The molecule has 0 amide bonds. The van der Waals surface area contributed by atoms with E-state index in [0.29, 0.717) is 0 Å². The van der Waals surface area contributed by atoms with Gasteiger partial charge in [0.05, 0.1) is 0 Å². The Morgan fingerprint density at radius 1 is 1.53 bits per heavy atom. The van der Waals surface area contributed by atoms with E-state index in [2.05, 4.69) is 22.0 Å². The number of hydrogen-bond acceptors (Lipinski definition) is 2. The number of nitrogens with zero attached hydrogens (tertiary/aromatic N) is 1. The summed E-state index contributed by atoms with van der Waals surface area (Å²) in [7, 11) is 0. The Hall–Kier alpha value is -0.510. The molecule has 0 spiro atoms. The molecule has 3 nitrogen and oxygen atoms in total. The Balaban J connectivity index is 2.27. The molecular weight excluding hydrogens is 258 g/mol. The number of likely N-dealkylation sites (tertiary alicyclic amines) is 1. The number of rotatable bonds is 6. The molecule has 0 aromatic rings. The van der Waals surface area contributed by atoms with Crippen LogP contribution in [0, 0.1) is 0 Å². The standard InChI is InChI=1S/C11H18BrNO2/c12-7-3-1-2-4-8-13-9-5-6-10(13)11(14)15/h4,8,10H,1-3,5-7,9H2,(H,14,15)/t10-/m0/s1. The second kappa shape index (κ2) is 6.88. The van der Waals surface area contributed by atoms with Gasteiger partial charge >= 0.3 is 5.97 Å². The van der Waals surface area contributed by atoms with Crippen molar-refractivity contribution in [3.63, 3.8) is 0 Å². The molecule has 1 fully saturated rings. The second-order valence-corrected chi connectivity index (χ2v) is 4.60. The van der Waals surface area contributed by atoms with Gasteiger partial charge in [0, 0.05) is 11.9 Å². The van der Waals surface area contributed by atoms with Crippen LogP contribution in [0.25, 0.3) is 0 Å². The van der Waals surface area contributed by atoms with Gasteiger partial charge < -0.3 is 10.0 Å². The maximum Gasteiger partial charge on any atom is 0.326 e. The lowest BCUT2D eigenvalue weighted by Crippen LogP contribution is -2.31. The molecule has 0 saturated carbocycles. The normalized spacial score (nSPS) is 21.4. The average Bonchev–Trinajstić information content (AvgIpc) is 2.66. The lowest BCUT2D eigenvalue weighted by Gasteiger charge is -2.18. The van der Waals surface area contributed by atoms with E-state index in [-0.39, 0.29) is 6.04 Å². The van der Waals surface area contributed by atoms with Crippen LogP contribution in [0.4, 0.5) is 0 Å². The van der Waals surface area contributed by atoms with Crippen LogP contribution in [0.3, 0.4) is 0 Å². The van der Waals surface area contributed by atoms with E-state index in [4.69, 9.17) is 5.11 Å². The monoisotopic (exact) mass is 275 g/mol. The second-order valence-electron chi connectivity index (χ2n) is 3.80. The summed E-state index contributed by atoms with van der Waals surface area (Å²) in [5, 5.41) is 9.99. The van der Waals surface area contributed by atoms with Crippen LogP contribution >= 0.6 is 15.9 Å². The molecular formula is C11H18BrNO2. The molecule has 0 unspecified atom stereocenters. The quantitative estimate of drug-likeness (QED) is 0.599. The van der Waals surface area contributed by atoms with Crippen LogP contribution in [-0.2, 0) is 4.79 Å². The Labute approximate surface area is 99.3 Å². The van der Waals surface area contributed by atoms with E-state index in [1.807, 2.05) is 11.1 Å². The molecule has 1 atom stereocenters. The number of carbonyl (C=O) groups is 1. The number of unbranched alkanes of at least 4 members (excludes halogenated alkanes) is 2. The Bertz CT molecular complexity index is 231. The first-order valence-electron chi connectivity index (χ1n) is 5.47. The molecule has 15 heavy (non-hydrogen) atoms. The molecule has 1 aliphatic rings. The van der Waals surface area contributed by atoms with E-state index < -0.39 is 5.97 Å². The number of carboxylic acid groups (broad SMARTS) is 1. The van der Waals surface area contributed by atoms with Crippen molar-refractivity contribution in [2.75, 3.05) is 11.9 Å². The molecule has 1 N–H and O–H groups in total. The van der Waals surface area contributed by atoms with E-state index in [9.17, 15) is 4.79 Å². The minimum Gasteiger partial charge on any atom is -0.480 e. The summed E-state index contributed by atoms with van der Waals surface area (Å²) in [6.07, 6.45) is 9.18. The Morgan fingerprint density at radius 2 is 2.33 bits per heavy atom. The predicted octanol–water partition coefficient (Wildman–Crippen LogP) is 2.61. The maximum absolute atomic E-state index is 10.9. The summed E-state index contributed by atoms with van der Waals surface area (Å²) >= 11 is 3.38. The largest absolute Gasteiger partial charge is 0.480 e. The molecule has 0 aromatic carbocycles. The highest BCUT2D eigenvalue weighted by Gasteiger charge is 2.27. The molecule has 0 aliphatic carbocycles. The maximum atomic E-state index is 10.9. The number of hydrogen-bond donors (Lipinski definition) is 1. The third-order valence-electron chi connectivity index (χ3n) is 2.63. The van der Waals surface area contributed by atoms with Crippen molar-refractivity contribution in [2.24, 2.45) is 0 Å². The molecule has 1 saturated heterocycles. The molecule has 1 aliphatic heterocycles. The summed E-state index contributed by atoms with van der Waals surface area (Å²) in [5.41, 5.74) is 0. The highest BCUT2D eigenvalue weighted by Crippen LogP contribution is 2.17. The van der Waals surface area contributed by atoms with E-state index >= 15 is 0 Å². The summed E-state index contributed by atoms with van der Waals surface area (Å²) in [4.78, 5) is 12.8. The molecule has 0 bridgehead atoms. The van der Waals surface area contributed by atoms with Gasteiger partial charge in [-0.3, -0.25) is 0 Å². The van der Waals surface area contributed by atoms with Crippen LogP contribution < -0.4 is 0 Å². The van der Waals surface area contributed by atoms with Crippen molar-refractivity contribution >= 4 is 21.9 Å². The van der Waals surface area contributed by atoms with Crippen LogP contribution in [0.2, 0.25) is 0 Å². The van der Waals surface area contributed by atoms with Crippen LogP contribution in [0.15, 0.2) is 12.3 Å². The zero-order valence-corrected chi connectivity index (χ0v) is 10.4. The third-order valence-corrected chi connectivity index (χ3v) is 3.19. The third kappa shape index (κ3) is 4.24. The molecule has 0 radical (unpaired) electrons. The number of allylic oxidation sites excluding steroid dienone is 1. The fourth-order valence-electron chi connectivity index (χ4n) is 1.80.